The van der Waals surface area contributed by atoms with E-state index in [0.717, 1.165) is 18.9 Å². The number of rotatable bonds is 18. The first-order valence-electron chi connectivity index (χ1n) is 9.52. The fourth-order valence-corrected chi connectivity index (χ4v) is 5.66. The second-order valence-corrected chi connectivity index (χ2v) is 8.81. The van der Waals surface area contributed by atoms with Gasteiger partial charge >= 0.3 is 0 Å². The van der Waals surface area contributed by atoms with Crippen LogP contribution in [0.4, 0.5) is 0 Å². The van der Waals surface area contributed by atoms with Gasteiger partial charge in [0.15, 0.2) is 0 Å². The summed E-state index contributed by atoms with van der Waals surface area (Å²) >= 11 is 0. The summed E-state index contributed by atoms with van der Waals surface area (Å²) in [5.74, 6) is 3.76. The molecule has 1 aliphatic rings. The molecule has 0 saturated carbocycles. The summed E-state index contributed by atoms with van der Waals surface area (Å²) in [6, 6.07) is 0. The van der Waals surface area contributed by atoms with Gasteiger partial charge in [0.05, 0.1) is 39.6 Å². The molecule has 24 heavy (non-hydrogen) atoms. The number of hydrogen-bond donors (Lipinski definition) is 1. The van der Waals surface area contributed by atoms with Crippen molar-refractivity contribution in [3.05, 3.63) is 0 Å². The van der Waals surface area contributed by atoms with Crippen LogP contribution in [0.1, 0.15) is 51.4 Å². The van der Waals surface area contributed by atoms with Crippen molar-refractivity contribution in [2.75, 3.05) is 57.8 Å². The number of hydrogen-bond acceptors (Lipinski definition) is 6. The van der Waals surface area contributed by atoms with Crippen molar-refractivity contribution in [3.63, 3.8) is 0 Å². The maximum Gasteiger partial charge on any atom is 0.0701 e. The van der Waals surface area contributed by atoms with Crippen molar-refractivity contribution < 1.29 is 19.3 Å². The predicted octanol–water partition coefficient (Wildman–Crippen LogP) is 4.16. The lowest BCUT2D eigenvalue weighted by Crippen LogP contribution is -2.11. The van der Waals surface area contributed by atoms with E-state index in [1.54, 1.807) is 0 Å². The van der Waals surface area contributed by atoms with Crippen molar-refractivity contribution in [2.24, 2.45) is 5.92 Å². The van der Waals surface area contributed by atoms with Crippen molar-refractivity contribution in [3.8, 4) is 0 Å². The van der Waals surface area contributed by atoms with Gasteiger partial charge in [-0.2, -0.15) is 0 Å². The Kier molecular flexibility index (Phi) is 17.3. The van der Waals surface area contributed by atoms with E-state index < -0.39 is 0 Å². The number of aliphatic hydroxyl groups excluding tert-OH is 1. The molecule has 0 aromatic heterocycles. The fourth-order valence-electron chi connectivity index (χ4n) is 2.63. The van der Waals surface area contributed by atoms with Gasteiger partial charge < -0.3 is 19.3 Å². The van der Waals surface area contributed by atoms with Crippen LogP contribution in [0, 0.1) is 5.92 Å². The molecular weight excluding hydrogens is 344 g/mol. The Morgan fingerprint density at radius 1 is 0.625 bits per heavy atom. The molecule has 0 spiro atoms. The Bertz CT molecular complexity index is 251. The van der Waals surface area contributed by atoms with Crippen LogP contribution in [-0.4, -0.2) is 62.9 Å². The van der Waals surface area contributed by atoms with Crippen molar-refractivity contribution >= 4 is 21.6 Å². The van der Waals surface area contributed by atoms with E-state index in [4.69, 9.17) is 19.3 Å². The molecule has 1 fully saturated rings. The molecule has 1 N–H and O–H groups in total. The van der Waals surface area contributed by atoms with Gasteiger partial charge in [0.25, 0.3) is 0 Å². The van der Waals surface area contributed by atoms with Crippen LogP contribution in [0.3, 0.4) is 0 Å². The summed E-state index contributed by atoms with van der Waals surface area (Å²) in [7, 11) is 4.11. The van der Waals surface area contributed by atoms with Crippen molar-refractivity contribution in [1.82, 2.24) is 0 Å². The molecule has 0 radical (unpaired) electrons. The van der Waals surface area contributed by atoms with Crippen LogP contribution in [0.15, 0.2) is 0 Å². The maximum absolute atomic E-state index is 8.53. The normalized spacial score (nSPS) is 15.4. The van der Waals surface area contributed by atoms with Gasteiger partial charge in [-0.3, -0.25) is 0 Å². The van der Waals surface area contributed by atoms with Gasteiger partial charge in [-0.25, -0.2) is 0 Å². The van der Waals surface area contributed by atoms with Crippen molar-refractivity contribution in [1.29, 1.82) is 0 Å². The highest BCUT2D eigenvalue weighted by atomic mass is 33.1. The Hall–Kier alpha value is 0.540. The first kappa shape index (κ1) is 22.6. The summed E-state index contributed by atoms with van der Waals surface area (Å²) in [5, 5.41) is 8.53. The minimum Gasteiger partial charge on any atom is -0.394 e. The molecule has 0 amide bonds. The molecule has 0 aromatic rings. The zero-order valence-corrected chi connectivity index (χ0v) is 16.7. The van der Waals surface area contributed by atoms with E-state index in [1.807, 2.05) is 0 Å². The maximum atomic E-state index is 8.53. The molecule has 144 valence electrons. The second-order valence-electron chi connectivity index (χ2n) is 6.26. The Morgan fingerprint density at radius 3 is 1.75 bits per heavy atom. The van der Waals surface area contributed by atoms with Crippen LogP contribution in [-0.2, 0) is 14.2 Å². The molecule has 1 rings (SSSR count). The highest BCUT2D eigenvalue weighted by molar-refractivity contribution is 8.77. The lowest BCUT2D eigenvalue weighted by atomic mass is 10.0. The zero-order valence-electron chi connectivity index (χ0n) is 15.1. The lowest BCUT2D eigenvalue weighted by molar-refractivity contribution is 0.00719. The monoisotopic (exact) mass is 380 g/mol. The third-order valence-electron chi connectivity index (χ3n) is 4.07. The first-order valence-corrected chi connectivity index (χ1v) is 12.0. The Balaban J connectivity index is 1.63. The third-order valence-corrected chi connectivity index (χ3v) is 6.77. The van der Waals surface area contributed by atoms with Crippen LogP contribution >= 0.6 is 21.6 Å². The average Bonchev–Trinajstić information content (AvgIpc) is 3.11. The smallest absolute Gasteiger partial charge is 0.0701 e. The SMILES string of the molecule is OCCOCCOCCOCCCCCCCCCC1CSSC1. The molecule has 0 atom stereocenters. The molecule has 1 aliphatic heterocycles. The number of unbranched alkanes of at least 4 members (excludes halogenated alkanes) is 6. The molecule has 1 heterocycles. The molecular formula is C18H36O4S2. The van der Waals surface area contributed by atoms with Crippen LogP contribution in [0.5, 0.6) is 0 Å². The Morgan fingerprint density at radius 2 is 1.12 bits per heavy atom. The molecule has 1 saturated heterocycles. The summed E-state index contributed by atoms with van der Waals surface area (Å²) < 4.78 is 16.0. The van der Waals surface area contributed by atoms with E-state index in [0.29, 0.717) is 33.0 Å². The van der Waals surface area contributed by atoms with Crippen LogP contribution < -0.4 is 0 Å². The quantitative estimate of drug-likeness (QED) is 0.285. The minimum absolute atomic E-state index is 0.0715. The van der Waals surface area contributed by atoms with E-state index in [9.17, 15) is 0 Å². The molecule has 0 aromatic carbocycles. The van der Waals surface area contributed by atoms with Gasteiger partial charge in [0.1, 0.15) is 0 Å². The third kappa shape index (κ3) is 14.8. The number of ether oxygens (including phenoxy) is 3. The second kappa shape index (κ2) is 18.3. The fraction of sp³-hybridized carbons (Fsp3) is 1.00. The predicted molar refractivity (Wildman–Crippen MR) is 105 cm³/mol. The van der Waals surface area contributed by atoms with E-state index >= 15 is 0 Å². The highest BCUT2D eigenvalue weighted by Crippen LogP contribution is 2.36. The molecule has 4 nitrogen and oxygen atoms in total. The highest BCUT2D eigenvalue weighted by Gasteiger charge is 2.15. The minimum atomic E-state index is 0.0715. The van der Waals surface area contributed by atoms with Gasteiger partial charge in [-0.05, 0) is 18.8 Å². The topological polar surface area (TPSA) is 47.9 Å². The van der Waals surface area contributed by atoms with Crippen LogP contribution in [0.2, 0.25) is 0 Å². The largest absolute Gasteiger partial charge is 0.394 e. The van der Waals surface area contributed by atoms with E-state index in [1.165, 1.54) is 56.5 Å². The van der Waals surface area contributed by atoms with Gasteiger partial charge in [-0.15, -0.1) is 0 Å². The first-order chi connectivity index (χ1) is 11.9. The summed E-state index contributed by atoms with van der Waals surface area (Å²) in [6.07, 6.45) is 10.9. The van der Waals surface area contributed by atoms with E-state index in [-0.39, 0.29) is 6.61 Å². The lowest BCUT2D eigenvalue weighted by Gasteiger charge is -2.07. The van der Waals surface area contributed by atoms with Gasteiger partial charge in [0, 0.05) is 18.1 Å². The molecule has 0 unspecified atom stereocenters. The van der Waals surface area contributed by atoms with Gasteiger partial charge in [-0.1, -0.05) is 60.1 Å². The van der Waals surface area contributed by atoms with Crippen LogP contribution in [0.25, 0.3) is 0 Å². The van der Waals surface area contributed by atoms with E-state index in [2.05, 4.69) is 21.6 Å². The van der Waals surface area contributed by atoms with Crippen molar-refractivity contribution in [2.45, 2.75) is 51.4 Å². The molecule has 0 aliphatic carbocycles. The average molecular weight is 381 g/mol. The number of aliphatic hydroxyl groups is 1. The summed E-state index contributed by atoms with van der Waals surface area (Å²) in [6.45, 7) is 3.71. The summed E-state index contributed by atoms with van der Waals surface area (Å²) in [4.78, 5) is 0. The summed E-state index contributed by atoms with van der Waals surface area (Å²) in [5.41, 5.74) is 0. The molecule has 0 bridgehead atoms. The Labute approximate surface area is 156 Å². The standard InChI is InChI=1S/C18H36O4S2/c19-9-11-21-13-15-22-14-12-20-10-7-5-3-1-2-4-6-8-18-16-23-24-17-18/h18-19H,1-17H2. The molecule has 6 heteroatoms. The zero-order chi connectivity index (χ0) is 17.1. The van der Waals surface area contributed by atoms with Gasteiger partial charge in [0.2, 0.25) is 0 Å².